The average Bonchev–Trinajstić information content (AvgIpc) is 1.97. The lowest BCUT2D eigenvalue weighted by molar-refractivity contribution is -0.114. The molecule has 0 aliphatic heterocycles. The maximum absolute atomic E-state index is 11.4. The fraction of sp³-hybridized carbons (Fsp3) is 0.600. The summed E-state index contributed by atoms with van der Waals surface area (Å²) in [5.74, 6) is -0.459. The molecule has 4 nitrogen and oxygen atoms in total. The monoisotopic (exact) mass is 148 g/mol. The fourth-order valence-electron chi connectivity index (χ4n) is 0.317. The number of rotatable bonds is 4. The van der Waals surface area contributed by atoms with Crippen LogP contribution < -0.4 is 5.32 Å². The maximum atomic E-state index is 11.4. The Bertz CT molecular complexity index is 127. The number of hydrogen-bond acceptors (Lipinski definition) is 3. The molecule has 0 fully saturated rings. The molecule has 0 saturated carbocycles. The molecule has 0 atom stereocenters. The van der Waals surface area contributed by atoms with Gasteiger partial charge in [-0.25, -0.2) is 4.39 Å². The van der Waals surface area contributed by atoms with Crippen LogP contribution in [-0.2, 0) is 9.63 Å². The number of carbonyl (C=O) groups is 1. The van der Waals surface area contributed by atoms with Gasteiger partial charge in [0.15, 0.2) is 0 Å². The molecule has 0 rings (SSSR count). The Morgan fingerprint density at radius 3 is 3.10 bits per heavy atom. The molecule has 0 spiro atoms. The molecule has 5 heteroatoms. The molecule has 0 aromatic rings. The standard InChI is InChI=1S/C5H9FN2O2/c1-10-8-4-5(9)7-3-2-6/h4H,2-3H2,1H3,(H,7,9)/b8-4+. The van der Waals surface area contributed by atoms with E-state index in [1.807, 2.05) is 0 Å². The van der Waals surface area contributed by atoms with E-state index in [4.69, 9.17) is 0 Å². The summed E-state index contributed by atoms with van der Waals surface area (Å²) in [5.41, 5.74) is 0. The molecular weight excluding hydrogens is 139 g/mol. The summed E-state index contributed by atoms with van der Waals surface area (Å²) < 4.78 is 11.4. The summed E-state index contributed by atoms with van der Waals surface area (Å²) >= 11 is 0. The highest BCUT2D eigenvalue weighted by Gasteiger charge is 1.92. The Morgan fingerprint density at radius 2 is 2.60 bits per heavy atom. The van der Waals surface area contributed by atoms with Crippen LogP contribution in [-0.4, -0.2) is 32.5 Å². The summed E-state index contributed by atoms with van der Waals surface area (Å²) in [7, 11) is 1.32. The van der Waals surface area contributed by atoms with E-state index < -0.39 is 12.6 Å². The van der Waals surface area contributed by atoms with Crippen LogP contribution in [0.3, 0.4) is 0 Å². The van der Waals surface area contributed by atoms with Gasteiger partial charge >= 0.3 is 0 Å². The van der Waals surface area contributed by atoms with Crippen molar-refractivity contribution in [2.45, 2.75) is 0 Å². The second kappa shape index (κ2) is 6.00. The number of hydrogen-bond donors (Lipinski definition) is 1. The first-order valence-corrected chi connectivity index (χ1v) is 2.71. The fourth-order valence-corrected chi connectivity index (χ4v) is 0.317. The molecule has 0 aliphatic rings. The number of oxime groups is 1. The van der Waals surface area contributed by atoms with Crippen molar-refractivity contribution < 1.29 is 14.0 Å². The van der Waals surface area contributed by atoms with E-state index in [9.17, 15) is 9.18 Å². The molecule has 0 aromatic carbocycles. The van der Waals surface area contributed by atoms with Crippen molar-refractivity contribution in [1.29, 1.82) is 0 Å². The molecule has 0 aliphatic carbocycles. The van der Waals surface area contributed by atoms with Crippen molar-refractivity contribution in [2.24, 2.45) is 5.16 Å². The third kappa shape index (κ3) is 5.02. The molecule has 0 bridgehead atoms. The normalized spacial score (nSPS) is 9.80. The first kappa shape index (κ1) is 8.87. The van der Waals surface area contributed by atoms with Crippen molar-refractivity contribution in [1.82, 2.24) is 5.32 Å². The molecule has 1 amide bonds. The van der Waals surface area contributed by atoms with E-state index in [1.165, 1.54) is 7.11 Å². The lowest BCUT2D eigenvalue weighted by atomic mass is 10.6. The molecule has 58 valence electrons. The van der Waals surface area contributed by atoms with Crippen molar-refractivity contribution in [2.75, 3.05) is 20.3 Å². The minimum Gasteiger partial charge on any atom is -0.399 e. The van der Waals surface area contributed by atoms with Crippen LogP contribution in [0.2, 0.25) is 0 Å². The number of alkyl halides is 1. The smallest absolute Gasteiger partial charge is 0.265 e. The van der Waals surface area contributed by atoms with Gasteiger partial charge in [0.2, 0.25) is 0 Å². The second-order valence-corrected chi connectivity index (χ2v) is 1.40. The van der Waals surface area contributed by atoms with Gasteiger partial charge in [-0.3, -0.25) is 4.79 Å². The lowest BCUT2D eigenvalue weighted by Crippen LogP contribution is -2.26. The first-order chi connectivity index (χ1) is 4.81. The molecule has 10 heavy (non-hydrogen) atoms. The van der Waals surface area contributed by atoms with Crippen LogP contribution in [0, 0.1) is 0 Å². The molecular formula is C5H9FN2O2. The van der Waals surface area contributed by atoms with E-state index >= 15 is 0 Å². The van der Waals surface area contributed by atoms with Crippen molar-refractivity contribution in [3.63, 3.8) is 0 Å². The maximum Gasteiger partial charge on any atom is 0.265 e. The van der Waals surface area contributed by atoms with Crippen LogP contribution in [0.1, 0.15) is 0 Å². The molecule has 0 saturated heterocycles. The quantitative estimate of drug-likeness (QED) is 0.439. The Balaban J connectivity index is 3.34. The van der Waals surface area contributed by atoms with Crippen LogP contribution in [0.15, 0.2) is 5.16 Å². The van der Waals surface area contributed by atoms with Gasteiger partial charge in [0.25, 0.3) is 5.91 Å². The van der Waals surface area contributed by atoms with Crippen LogP contribution in [0.25, 0.3) is 0 Å². The minimum absolute atomic E-state index is 0.00850. The van der Waals surface area contributed by atoms with Gasteiger partial charge in [-0.2, -0.15) is 0 Å². The number of halogens is 1. The summed E-state index contributed by atoms with van der Waals surface area (Å²) in [6.07, 6.45) is 0.940. The van der Waals surface area contributed by atoms with Gasteiger partial charge in [0.05, 0.1) is 0 Å². The summed E-state index contributed by atoms with van der Waals surface area (Å²) in [5, 5.41) is 5.39. The Kier molecular flexibility index (Phi) is 5.32. The molecule has 0 aromatic heterocycles. The SMILES string of the molecule is CO/N=C/C(=O)NCCF. The zero-order valence-corrected chi connectivity index (χ0v) is 5.63. The Labute approximate surface area is 58.0 Å². The third-order valence-electron chi connectivity index (χ3n) is 0.669. The predicted molar refractivity (Wildman–Crippen MR) is 34.5 cm³/mol. The molecule has 0 heterocycles. The highest BCUT2D eigenvalue weighted by molar-refractivity contribution is 6.26. The van der Waals surface area contributed by atoms with Gasteiger partial charge in [-0.05, 0) is 0 Å². The van der Waals surface area contributed by atoms with E-state index in [2.05, 4.69) is 15.3 Å². The zero-order chi connectivity index (χ0) is 7.82. The van der Waals surface area contributed by atoms with Gasteiger partial charge in [0, 0.05) is 6.54 Å². The first-order valence-electron chi connectivity index (χ1n) is 2.71. The third-order valence-corrected chi connectivity index (χ3v) is 0.669. The number of carbonyl (C=O) groups excluding carboxylic acids is 1. The second-order valence-electron chi connectivity index (χ2n) is 1.40. The van der Waals surface area contributed by atoms with E-state index in [1.54, 1.807) is 0 Å². The van der Waals surface area contributed by atoms with Crippen LogP contribution in [0.4, 0.5) is 4.39 Å². The molecule has 1 N–H and O–H groups in total. The lowest BCUT2D eigenvalue weighted by Gasteiger charge is -1.93. The van der Waals surface area contributed by atoms with Crippen molar-refractivity contribution >= 4 is 12.1 Å². The van der Waals surface area contributed by atoms with Gasteiger partial charge in [-0.1, -0.05) is 5.16 Å². The summed E-state index contributed by atoms with van der Waals surface area (Å²) in [6, 6.07) is 0. The highest BCUT2D eigenvalue weighted by atomic mass is 19.1. The molecule has 0 radical (unpaired) electrons. The molecule has 0 unspecified atom stereocenters. The highest BCUT2D eigenvalue weighted by Crippen LogP contribution is 1.66. The zero-order valence-electron chi connectivity index (χ0n) is 5.63. The summed E-state index contributed by atoms with van der Waals surface area (Å²) in [6.45, 7) is -0.568. The van der Waals surface area contributed by atoms with Crippen LogP contribution in [0.5, 0.6) is 0 Å². The van der Waals surface area contributed by atoms with Crippen LogP contribution >= 0.6 is 0 Å². The average molecular weight is 148 g/mol. The van der Waals surface area contributed by atoms with E-state index in [0.717, 1.165) is 6.21 Å². The van der Waals surface area contributed by atoms with Gasteiger partial charge in [-0.15, -0.1) is 0 Å². The number of amides is 1. The van der Waals surface area contributed by atoms with Crippen molar-refractivity contribution in [3.05, 3.63) is 0 Å². The minimum atomic E-state index is -0.577. The Hall–Kier alpha value is -1.13. The largest absolute Gasteiger partial charge is 0.399 e. The van der Waals surface area contributed by atoms with E-state index in [0.29, 0.717) is 0 Å². The summed E-state index contributed by atoms with van der Waals surface area (Å²) in [4.78, 5) is 14.7. The topological polar surface area (TPSA) is 50.7 Å². The Morgan fingerprint density at radius 1 is 1.90 bits per heavy atom. The van der Waals surface area contributed by atoms with Gasteiger partial charge in [0.1, 0.15) is 20.0 Å². The number of nitrogens with one attached hydrogen (secondary N) is 1. The predicted octanol–water partition coefficient (Wildman–Crippen LogP) is -0.296. The number of nitrogens with zero attached hydrogens (tertiary/aromatic N) is 1. The van der Waals surface area contributed by atoms with E-state index in [-0.39, 0.29) is 6.54 Å². The van der Waals surface area contributed by atoms with Gasteiger partial charge < -0.3 is 10.2 Å². The van der Waals surface area contributed by atoms with Crippen molar-refractivity contribution in [3.8, 4) is 0 Å².